The van der Waals surface area contributed by atoms with E-state index in [0.29, 0.717) is 0 Å². The van der Waals surface area contributed by atoms with Gasteiger partial charge in [-0.05, 0) is 25.6 Å². The Kier molecular flexibility index (Phi) is 5.88. The molecule has 13 heavy (non-hydrogen) atoms. The molecule has 1 fully saturated rings. The first-order valence-electron chi connectivity index (χ1n) is 5.67. The van der Waals surface area contributed by atoms with E-state index in [0.717, 1.165) is 11.3 Å². The van der Waals surface area contributed by atoms with E-state index in [1.54, 1.807) is 0 Å². The summed E-state index contributed by atoms with van der Waals surface area (Å²) in [6.45, 7) is 2.27. The van der Waals surface area contributed by atoms with Crippen molar-refractivity contribution < 1.29 is 0 Å². The fraction of sp³-hybridized carbons (Fsp3) is 1.00. The monoisotopic (exact) mass is 201 g/mol. The second kappa shape index (κ2) is 6.72. The molecule has 1 aliphatic rings. The van der Waals surface area contributed by atoms with Gasteiger partial charge in [0, 0.05) is 11.3 Å². The summed E-state index contributed by atoms with van der Waals surface area (Å²) in [4.78, 5) is 0. The molecular formula is C11H23NS. The second-order valence-corrected chi connectivity index (χ2v) is 5.40. The van der Waals surface area contributed by atoms with Crippen LogP contribution in [0.4, 0.5) is 0 Å². The lowest BCUT2D eigenvalue weighted by atomic mass is 9.96. The largest absolute Gasteiger partial charge is 0.316 e. The Morgan fingerprint density at radius 3 is 2.46 bits per heavy atom. The van der Waals surface area contributed by atoms with Crippen LogP contribution in [0.1, 0.15) is 45.4 Å². The number of nitrogens with one attached hydrogen (secondary N) is 1. The van der Waals surface area contributed by atoms with E-state index in [-0.39, 0.29) is 0 Å². The third-order valence-electron chi connectivity index (χ3n) is 2.95. The van der Waals surface area contributed by atoms with Crippen molar-refractivity contribution in [2.24, 2.45) is 0 Å². The number of rotatable bonds is 3. The highest BCUT2D eigenvalue weighted by molar-refractivity contribution is 7.99. The van der Waals surface area contributed by atoms with Crippen LogP contribution in [-0.4, -0.2) is 24.1 Å². The van der Waals surface area contributed by atoms with Crippen LogP contribution in [0.5, 0.6) is 0 Å². The molecule has 0 aliphatic heterocycles. The summed E-state index contributed by atoms with van der Waals surface area (Å²) in [6, 6.07) is 0.769. The van der Waals surface area contributed by atoms with Gasteiger partial charge < -0.3 is 5.32 Å². The molecule has 1 aliphatic carbocycles. The summed E-state index contributed by atoms with van der Waals surface area (Å²) >= 11 is 2.14. The Morgan fingerprint density at radius 2 is 1.85 bits per heavy atom. The van der Waals surface area contributed by atoms with Crippen LogP contribution in [0.15, 0.2) is 0 Å². The SMILES string of the molecule is CCSC1CCCCCCC1NC. The van der Waals surface area contributed by atoms with Crippen molar-refractivity contribution in [2.45, 2.75) is 56.7 Å². The Balaban J connectivity index is 2.40. The molecule has 1 nitrogen and oxygen atoms in total. The minimum absolute atomic E-state index is 0.769. The van der Waals surface area contributed by atoms with Crippen molar-refractivity contribution in [3.05, 3.63) is 0 Å². The first kappa shape index (κ1) is 11.4. The Labute approximate surface area is 87.1 Å². The summed E-state index contributed by atoms with van der Waals surface area (Å²) in [5.41, 5.74) is 0. The van der Waals surface area contributed by atoms with Gasteiger partial charge in [-0.3, -0.25) is 0 Å². The molecule has 2 heteroatoms. The lowest BCUT2D eigenvalue weighted by molar-refractivity contribution is 0.420. The number of hydrogen-bond donors (Lipinski definition) is 1. The fourth-order valence-corrected chi connectivity index (χ4v) is 3.46. The molecule has 78 valence electrons. The highest BCUT2D eigenvalue weighted by Crippen LogP contribution is 2.26. The van der Waals surface area contributed by atoms with Crippen LogP contribution >= 0.6 is 11.8 Å². The normalized spacial score (nSPS) is 30.9. The Bertz CT molecular complexity index is 127. The van der Waals surface area contributed by atoms with Gasteiger partial charge in [0.1, 0.15) is 0 Å². The van der Waals surface area contributed by atoms with Crippen LogP contribution in [0.2, 0.25) is 0 Å². The molecule has 1 N–H and O–H groups in total. The average Bonchev–Trinajstić information content (AvgIpc) is 2.10. The summed E-state index contributed by atoms with van der Waals surface area (Å²) < 4.78 is 0. The summed E-state index contributed by atoms with van der Waals surface area (Å²) in [5.74, 6) is 1.27. The van der Waals surface area contributed by atoms with Crippen LogP contribution in [-0.2, 0) is 0 Å². The second-order valence-electron chi connectivity index (χ2n) is 3.88. The summed E-state index contributed by atoms with van der Waals surface area (Å²) in [7, 11) is 2.12. The third-order valence-corrected chi connectivity index (χ3v) is 4.28. The molecule has 0 saturated heterocycles. The van der Waals surface area contributed by atoms with E-state index in [1.807, 2.05) is 0 Å². The van der Waals surface area contributed by atoms with Gasteiger partial charge in [-0.15, -0.1) is 0 Å². The maximum Gasteiger partial charge on any atom is 0.0200 e. The quantitative estimate of drug-likeness (QED) is 0.753. The Hall–Kier alpha value is 0.310. The van der Waals surface area contributed by atoms with Gasteiger partial charge >= 0.3 is 0 Å². The standard InChI is InChI=1S/C11H23NS/c1-3-13-11-9-7-5-4-6-8-10(11)12-2/h10-12H,3-9H2,1-2H3. The lowest BCUT2D eigenvalue weighted by Crippen LogP contribution is -2.36. The van der Waals surface area contributed by atoms with Gasteiger partial charge in [0.05, 0.1) is 0 Å². The molecule has 0 amide bonds. The summed E-state index contributed by atoms with van der Waals surface area (Å²) in [6.07, 6.45) is 8.57. The molecule has 0 bridgehead atoms. The van der Waals surface area contributed by atoms with Crippen molar-refractivity contribution >= 4 is 11.8 Å². The molecule has 1 saturated carbocycles. The first-order chi connectivity index (χ1) is 6.38. The minimum atomic E-state index is 0.769. The Morgan fingerprint density at radius 1 is 1.15 bits per heavy atom. The van der Waals surface area contributed by atoms with Gasteiger partial charge in [-0.1, -0.05) is 32.6 Å². The molecule has 0 heterocycles. The topological polar surface area (TPSA) is 12.0 Å². The van der Waals surface area contributed by atoms with E-state index >= 15 is 0 Å². The molecule has 2 atom stereocenters. The van der Waals surface area contributed by atoms with Crippen molar-refractivity contribution in [3.8, 4) is 0 Å². The van der Waals surface area contributed by atoms with Crippen LogP contribution < -0.4 is 5.32 Å². The third kappa shape index (κ3) is 3.90. The van der Waals surface area contributed by atoms with Gasteiger partial charge in [-0.2, -0.15) is 11.8 Å². The first-order valence-corrected chi connectivity index (χ1v) is 6.72. The molecular weight excluding hydrogens is 178 g/mol. The van der Waals surface area contributed by atoms with E-state index < -0.39 is 0 Å². The van der Waals surface area contributed by atoms with Crippen LogP contribution in [0.3, 0.4) is 0 Å². The van der Waals surface area contributed by atoms with Crippen LogP contribution in [0, 0.1) is 0 Å². The van der Waals surface area contributed by atoms with E-state index in [1.165, 1.54) is 44.3 Å². The van der Waals surface area contributed by atoms with Crippen molar-refractivity contribution in [1.29, 1.82) is 0 Å². The number of hydrogen-bond acceptors (Lipinski definition) is 2. The number of thioether (sulfide) groups is 1. The van der Waals surface area contributed by atoms with Gasteiger partial charge in [0.2, 0.25) is 0 Å². The van der Waals surface area contributed by atoms with Crippen LogP contribution in [0.25, 0.3) is 0 Å². The van der Waals surface area contributed by atoms with Crippen molar-refractivity contribution in [3.63, 3.8) is 0 Å². The average molecular weight is 201 g/mol. The van der Waals surface area contributed by atoms with E-state index in [2.05, 4.69) is 31.1 Å². The van der Waals surface area contributed by atoms with E-state index in [4.69, 9.17) is 0 Å². The predicted octanol–water partition coefficient (Wildman–Crippen LogP) is 3.05. The molecule has 0 spiro atoms. The summed E-state index contributed by atoms with van der Waals surface area (Å²) in [5, 5.41) is 4.36. The van der Waals surface area contributed by atoms with Crippen molar-refractivity contribution in [1.82, 2.24) is 5.32 Å². The molecule has 2 unspecified atom stereocenters. The van der Waals surface area contributed by atoms with Gasteiger partial charge in [0.25, 0.3) is 0 Å². The van der Waals surface area contributed by atoms with Gasteiger partial charge in [-0.25, -0.2) is 0 Å². The van der Waals surface area contributed by atoms with E-state index in [9.17, 15) is 0 Å². The highest BCUT2D eigenvalue weighted by Gasteiger charge is 2.20. The van der Waals surface area contributed by atoms with Crippen molar-refractivity contribution in [2.75, 3.05) is 12.8 Å². The minimum Gasteiger partial charge on any atom is -0.316 e. The molecule has 0 aromatic rings. The zero-order chi connectivity index (χ0) is 9.52. The zero-order valence-corrected chi connectivity index (χ0v) is 9.83. The molecule has 1 rings (SSSR count). The molecule has 0 aromatic heterocycles. The van der Waals surface area contributed by atoms with Gasteiger partial charge in [0.15, 0.2) is 0 Å². The predicted molar refractivity (Wildman–Crippen MR) is 62.5 cm³/mol. The molecule has 0 aromatic carbocycles. The maximum absolute atomic E-state index is 3.49. The maximum atomic E-state index is 3.49. The zero-order valence-electron chi connectivity index (χ0n) is 9.01. The lowest BCUT2D eigenvalue weighted by Gasteiger charge is -2.28. The highest BCUT2D eigenvalue weighted by atomic mass is 32.2. The molecule has 0 radical (unpaired) electrons. The smallest absolute Gasteiger partial charge is 0.0200 e. The fourth-order valence-electron chi connectivity index (χ4n) is 2.19.